The molecule has 160 valence electrons. The second kappa shape index (κ2) is 16.7. The van der Waals surface area contributed by atoms with E-state index in [0.717, 1.165) is 28.0 Å². The summed E-state index contributed by atoms with van der Waals surface area (Å²) in [6, 6.07) is 0.190. The van der Waals surface area contributed by atoms with Gasteiger partial charge in [-0.1, -0.05) is 0 Å². The van der Waals surface area contributed by atoms with Gasteiger partial charge in [0.1, 0.15) is 0 Å². The molecule has 0 spiro atoms. The Morgan fingerprint density at radius 2 is 1.69 bits per heavy atom. The number of carbonyl (C=O) groups is 1. The van der Waals surface area contributed by atoms with Crippen LogP contribution in [0, 0.1) is 62.1 Å². The van der Waals surface area contributed by atoms with Gasteiger partial charge in [-0.2, -0.15) is 0 Å². The van der Waals surface area contributed by atoms with Crippen LogP contribution in [0.5, 0.6) is 0 Å². The third kappa shape index (κ3) is 10.7. The summed E-state index contributed by atoms with van der Waals surface area (Å²) < 4.78 is 18.8. The number of ether oxygens (including phenoxy) is 1. The van der Waals surface area contributed by atoms with Crippen molar-refractivity contribution in [2.24, 2.45) is 0 Å². The maximum Gasteiger partial charge on any atom is 2.00 e. The van der Waals surface area contributed by atoms with Crippen molar-refractivity contribution < 1.29 is 30.4 Å². The fraction of sp³-hybridized carbons (Fsp3) is 0.435. The van der Waals surface area contributed by atoms with Crippen LogP contribution in [0.15, 0.2) is 10.5 Å². The van der Waals surface area contributed by atoms with E-state index >= 15 is 0 Å². The number of unbranched alkanes of at least 4 members (excludes halogenated alkanes) is 1. The Kier molecular flexibility index (Phi) is 16.7. The molecule has 4 nitrogen and oxygen atoms in total. The number of hydrogen-bond donors (Lipinski definition) is 0. The molecule has 0 saturated heterocycles. The van der Waals surface area contributed by atoms with Crippen LogP contribution in [0.25, 0.3) is 0 Å². The van der Waals surface area contributed by atoms with Crippen molar-refractivity contribution in [3.63, 3.8) is 0 Å². The molecule has 2 atom stereocenters. The molecule has 2 aliphatic rings. The van der Waals surface area contributed by atoms with Gasteiger partial charge in [0.15, 0.2) is 0 Å². The fourth-order valence-electron chi connectivity index (χ4n) is 2.56. The molecule has 29 heavy (non-hydrogen) atoms. The summed E-state index contributed by atoms with van der Waals surface area (Å²) in [6.07, 6.45) is 20.0. The first-order valence-electron chi connectivity index (χ1n) is 9.80. The van der Waals surface area contributed by atoms with Gasteiger partial charge in [-0.3, -0.25) is 0 Å². The van der Waals surface area contributed by atoms with E-state index in [-0.39, 0.29) is 23.1 Å². The molecular formula is C23H33FeNO3Se+2. The number of nitrogens with zero attached hydrogens (tertiary/aromatic N) is 1. The van der Waals surface area contributed by atoms with Crippen LogP contribution in [0.1, 0.15) is 40.0 Å². The minimum atomic E-state index is -2.43. The van der Waals surface area contributed by atoms with Crippen LogP contribution in [-0.2, 0) is 30.4 Å². The van der Waals surface area contributed by atoms with Gasteiger partial charge < -0.3 is 0 Å². The Hall–Kier alpha value is 0.00896. The van der Waals surface area contributed by atoms with E-state index in [1.165, 1.54) is 6.08 Å². The molecule has 2 saturated carbocycles. The zero-order chi connectivity index (χ0) is 20.9. The molecule has 2 rings (SSSR count). The Morgan fingerprint density at radius 1 is 1.10 bits per heavy atom. The zero-order valence-corrected chi connectivity index (χ0v) is 20.9. The van der Waals surface area contributed by atoms with Gasteiger partial charge in [0.2, 0.25) is 0 Å². The number of allylic oxidation sites excluding steroid dienone is 1. The van der Waals surface area contributed by atoms with Gasteiger partial charge in [0.05, 0.1) is 0 Å². The normalized spacial score (nSPS) is 20.0. The number of hydrogen-bond acceptors (Lipinski definition) is 4. The van der Waals surface area contributed by atoms with Crippen LogP contribution in [-0.4, -0.2) is 51.4 Å². The molecule has 6 heteroatoms. The van der Waals surface area contributed by atoms with Crippen LogP contribution in [0.2, 0.25) is 0 Å². The van der Waals surface area contributed by atoms with Crippen molar-refractivity contribution in [2.75, 3.05) is 20.7 Å². The summed E-state index contributed by atoms with van der Waals surface area (Å²) in [6.45, 7) is 6.29. The predicted molar refractivity (Wildman–Crippen MR) is 115 cm³/mol. The molecule has 2 fully saturated rings. The number of rotatable bonds is 9. The summed E-state index contributed by atoms with van der Waals surface area (Å²) in [5, 5.41) is 0. The maximum atomic E-state index is 13.1. The Morgan fingerprint density at radius 3 is 2.17 bits per heavy atom. The van der Waals surface area contributed by atoms with Crippen molar-refractivity contribution in [1.82, 2.24) is 4.90 Å². The van der Waals surface area contributed by atoms with E-state index < -0.39 is 19.8 Å². The summed E-state index contributed by atoms with van der Waals surface area (Å²) >= 11 is -2.43. The van der Waals surface area contributed by atoms with Crippen LogP contribution in [0.3, 0.4) is 0 Å². The largest absolute Gasteiger partial charge is 2.00 e. The fourth-order valence-corrected chi connectivity index (χ4v) is 5.64. The topological polar surface area (TPSA) is 46.6 Å². The van der Waals surface area contributed by atoms with Gasteiger partial charge in [-0.25, -0.2) is 0 Å². The van der Waals surface area contributed by atoms with Crippen molar-refractivity contribution >= 4 is 19.8 Å². The van der Waals surface area contributed by atoms with Crippen LogP contribution in [0.4, 0.5) is 0 Å². The first kappa shape index (κ1) is 29.0. The molecule has 0 N–H and O–H groups in total. The summed E-state index contributed by atoms with van der Waals surface area (Å²) in [5.41, 5.74) is 0. The molecule has 0 aromatic heterocycles. The third-order valence-corrected chi connectivity index (χ3v) is 7.66. The minimum absolute atomic E-state index is 0. The van der Waals surface area contributed by atoms with Gasteiger partial charge in [-0.15, -0.1) is 0 Å². The quantitative estimate of drug-likeness (QED) is 0.271. The Labute approximate surface area is 194 Å². The van der Waals surface area contributed by atoms with E-state index in [9.17, 15) is 8.63 Å². The van der Waals surface area contributed by atoms with E-state index in [0.29, 0.717) is 13.0 Å². The van der Waals surface area contributed by atoms with E-state index in [4.69, 9.17) is 4.74 Å². The molecular weight excluding hydrogens is 473 g/mol. The minimum Gasteiger partial charge on any atom is -0.0312 e. The van der Waals surface area contributed by atoms with Gasteiger partial charge >= 0.3 is 162 Å². The predicted octanol–water partition coefficient (Wildman–Crippen LogP) is 3.91. The van der Waals surface area contributed by atoms with Gasteiger partial charge in [-0.05, 0) is 32.1 Å². The van der Waals surface area contributed by atoms with Crippen molar-refractivity contribution in [2.45, 2.75) is 46.1 Å². The summed E-state index contributed by atoms with van der Waals surface area (Å²) in [5.74, 6) is 0.693. The van der Waals surface area contributed by atoms with Gasteiger partial charge in [0, 0.05) is 0 Å². The standard InChI is InChI=1S/C18H28NO3Se.C5H5.Fe/c1-6-8-10-15(13-18(20)22-7-2)23(21)17-12-9-11-16(17)14(3)19(4)5;1-2-4-5-3-1;/h9,11-14H,6-8,10H2,1-5H3;1-5H;/q;;+2/b15-13-;;/t14-,23?;;/m1../s1. The molecule has 0 aromatic carbocycles. The third-order valence-electron chi connectivity index (χ3n) is 4.37. The number of carbonyl (C=O) groups excluding carboxylic acids is 1. The van der Waals surface area contributed by atoms with Gasteiger partial charge in [0.25, 0.3) is 0 Å². The first-order chi connectivity index (χ1) is 13.4. The molecule has 0 aliphatic heterocycles. The molecule has 1 unspecified atom stereocenters. The monoisotopic (exact) mass is 507 g/mol. The average Bonchev–Trinajstić information content (AvgIpc) is 3.38. The van der Waals surface area contributed by atoms with E-state index in [1.54, 1.807) is 6.92 Å². The Bertz CT molecular complexity index is 499. The van der Waals surface area contributed by atoms with Crippen LogP contribution < -0.4 is 0 Å². The second-order valence-corrected chi connectivity index (χ2v) is 9.83. The smallest absolute Gasteiger partial charge is 0.0312 e. The molecule has 0 heterocycles. The maximum absolute atomic E-state index is 13.1. The molecule has 10 radical (unpaired) electrons. The van der Waals surface area contributed by atoms with E-state index in [1.807, 2.05) is 65.5 Å². The molecule has 2 aliphatic carbocycles. The molecule has 0 amide bonds. The van der Waals surface area contributed by atoms with Crippen LogP contribution >= 0.6 is 0 Å². The molecule has 0 bridgehead atoms. The van der Waals surface area contributed by atoms with Crippen molar-refractivity contribution in [3.05, 3.63) is 72.6 Å². The van der Waals surface area contributed by atoms with Crippen molar-refractivity contribution in [1.29, 1.82) is 0 Å². The average molecular weight is 506 g/mol. The zero-order valence-electron chi connectivity index (χ0n) is 18.0. The number of esters is 1. The Balaban J connectivity index is 0.00000113. The molecule has 0 aromatic rings. The summed E-state index contributed by atoms with van der Waals surface area (Å²) in [4.78, 5) is 14.8. The van der Waals surface area contributed by atoms with E-state index in [2.05, 4.69) is 18.7 Å². The van der Waals surface area contributed by atoms with Crippen molar-refractivity contribution in [3.8, 4) is 0 Å². The first-order valence-corrected chi connectivity index (χ1v) is 12.2. The summed E-state index contributed by atoms with van der Waals surface area (Å²) in [7, 11) is 4.02. The SMILES string of the molecule is CCCC/C(=C/C(=O)OCC)[Se](=O)[C]1[CH][CH][CH][C]1[C@@H](C)N(C)C.[CH]1[CH][CH][CH][CH]1.[Fe+2]. The second-order valence-electron chi connectivity index (χ2n) is 6.68.